The molecule has 0 saturated carbocycles. The Morgan fingerprint density at radius 2 is 1.91 bits per heavy atom. The number of hydrogen-bond donors (Lipinski definition) is 1. The first-order chi connectivity index (χ1) is 10.7. The van der Waals surface area contributed by atoms with E-state index in [1.165, 1.54) is 28.5 Å². The van der Waals surface area contributed by atoms with Gasteiger partial charge in [-0.2, -0.15) is 5.10 Å². The van der Waals surface area contributed by atoms with Crippen LogP contribution in [0.15, 0.2) is 58.7 Å². The fourth-order valence-electron chi connectivity index (χ4n) is 2.14. The molecule has 22 heavy (non-hydrogen) atoms. The zero-order valence-corrected chi connectivity index (χ0v) is 13.8. The van der Waals surface area contributed by atoms with Crippen LogP contribution in [0.5, 0.6) is 0 Å². The fourth-order valence-corrected chi connectivity index (χ4v) is 2.75. The van der Waals surface area contributed by atoms with Crippen molar-refractivity contribution in [3.63, 3.8) is 0 Å². The molecule has 0 fully saturated rings. The van der Waals surface area contributed by atoms with Crippen molar-refractivity contribution < 1.29 is 0 Å². The van der Waals surface area contributed by atoms with Gasteiger partial charge in [0.25, 0.3) is 0 Å². The summed E-state index contributed by atoms with van der Waals surface area (Å²) in [6.45, 7) is 4.22. The highest BCUT2D eigenvalue weighted by molar-refractivity contribution is 8.13. The second-order valence-electron chi connectivity index (χ2n) is 4.96. The molecule has 0 aromatic heterocycles. The van der Waals surface area contributed by atoms with Gasteiger partial charge in [0, 0.05) is 11.3 Å². The number of amidine groups is 1. The van der Waals surface area contributed by atoms with Crippen LogP contribution in [0.2, 0.25) is 0 Å². The number of nitrogens with two attached hydrogens (primary N) is 1. The Morgan fingerprint density at radius 1 is 1.14 bits per heavy atom. The zero-order chi connectivity index (χ0) is 15.8. The zero-order valence-electron chi connectivity index (χ0n) is 13.0. The van der Waals surface area contributed by atoms with Gasteiger partial charge in [0.15, 0.2) is 5.17 Å². The molecule has 0 heterocycles. The second kappa shape index (κ2) is 8.39. The first-order valence-corrected chi connectivity index (χ1v) is 8.31. The van der Waals surface area contributed by atoms with E-state index >= 15 is 0 Å². The molecule has 0 radical (unpaired) electrons. The Bertz CT molecular complexity index is 663. The van der Waals surface area contributed by atoms with Crippen LogP contribution >= 0.6 is 11.8 Å². The van der Waals surface area contributed by atoms with Gasteiger partial charge in [-0.25, -0.2) is 0 Å². The number of aryl methyl sites for hydroxylation is 2. The lowest BCUT2D eigenvalue weighted by molar-refractivity contribution is 1.12. The number of benzene rings is 2. The average Bonchev–Trinajstić information content (AvgIpc) is 2.55. The fraction of sp³-hybridized carbons (Fsp3) is 0.222. The molecule has 3 nitrogen and oxygen atoms in total. The molecule has 2 rings (SSSR count). The maximum absolute atomic E-state index is 5.89. The lowest BCUT2D eigenvalue weighted by atomic mass is 10.0. The van der Waals surface area contributed by atoms with Crippen molar-refractivity contribution in [1.82, 2.24) is 0 Å². The van der Waals surface area contributed by atoms with Crippen molar-refractivity contribution in [2.45, 2.75) is 26.0 Å². The molecule has 2 N–H and O–H groups in total. The molecule has 0 saturated heterocycles. The largest absolute Gasteiger partial charge is 0.377 e. The topological polar surface area (TPSA) is 50.7 Å². The summed E-state index contributed by atoms with van der Waals surface area (Å²) in [7, 11) is 0. The summed E-state index contributed by atoms with van der Waals surface area (Å²) in [5, 5.41) is 8.70. The van der Waals surface area contributed by atoms with Crippen LogP contribution in [0, 0.1) is 6.92 Å². The van der Waals surface area contributed by atoms with Gasteiger partial charge in [-0.3, -0.25) is 0 Å². The third-order valence-electron chi connectivity index (χ3n) is 3.37. The summed E-state index contributed by atoms with van der Waals surface area (Å²) in [4.78, 5) is 0. The predicted molar refractivity (Wildman–Crippen MR) is 97.5 cm³/mol. The standard InChI is InChI=1S/C18H21N3S/c1-3-16-11-7-8-14(2)17(16)12-20-21-18(19)22-13-15-9-5-4-6-10-15/h4-12H,3,13H2,1-2H3,(H2,19,21). The van der Waals surface area contributed by atoms with Gasteiger partial charge in [0.1, 0.15) is 0 Å². The van der Waals surface area contributed by atoms with Crippen molar-refractivity contribution in [3.05, 3.63) is 70.8 Å². The van der Waals surface area contributed by atoms with E-state index in [9.17, 15) is 0 Å². The van der Waals surface area contributed by atoms with E-state index in [0.29, 0.717) is 5.17 Å². The maximum atomic E-state index is 5.89. The SMILES string of the molecule is CCc1cccc(C)c1C=NN=C(N)SCc1ccccc1. The lowest BCUT2D eigenvalue weighted by Crippen LogP contribution is -2.06. The van der Waals surface area contributed by atoms with E-state index < -0.39 is 0 Å². The molecule has 2 aromatic carbocycles. The highest BCUT2D eigenvalue weighted by Crippen LogP contribution is 2.14. The minimum atomic E-state index is 0.478. The van der Waals surface area contributed by atoms with E-state index in [-0.39, 0.29) is 0 Å². The van der Waals surface area contributed by atoms with Crippen LogP contribution in [0.25, 0.3) is 0 Å². The van der Waals surface area contributed by atoms with Gasteiger partial charge in [0.05, 0.1) is 6.21 Å². The smallest absolute Gasteiger partial charge is 0.180 e. The summed E-state index contributed by atoms with van der Waals surface area (Å²) in [6.07, 6.45) is 2.77. The molecule has 0 bridgehead atoms. The normalized spacial score (nSPS) is 12.0. The number of hydrogen-bond acceptors (Lipinski definition) is 3. The number of nitrogens with zero attached hydrogens (tertiary/aromatic N) is 2. The third-order valence-corrected chi connectivity index (χ3v) is 4.22. The molecule has 0 aliphatic carbocycles. The molecule has 0 amide bonds. The Hall–Kier alpha value is -2.07. The van der Waals surface area contributed by atoms with Crippen molar-refractivity contribution in [2.24, 2.45) is 15.9 Å². The number of thioether (sulfide) groups is 1. The summed E-state index contributed by atoms with van der Waals surface area (Å²) < 4.78 is 0. The van der Waals surface area contributed by atoms with Crippen LogP contribution in [0.4, 0.5) is 0 Å². The molecule has 0 aliphatic rings. The Kier molecular flexibility index (Phi) is 6.22. The van der Waals surface area contributed by atoms with Gasteiger partial charge >= 0.3 is 0 Å². The van der Waals surface area contributed by atoms with Crippen molar-refractivity contribution in [1.29, 1.82) is 0 Å². The molecular formula is C18H21N3S. The first-order valence-electron chi connectivity index (χ1n) is 7.32. The van der Waals surface area contributed by atoms with Crippen LogP contribution in [0.1, 0.15) is 29.2 Å². The summed E-state index contributed by atoms with van der Waals surface area (Å²) in [5.41, 5.74) is 10.7. The molecule has 0 atom stereocenters. The highest BCUT2D eigenvalue weighted by atomic mass is 32.2. The van der Waals surface area contributed by atoms with E-state index in [1.807, 2.05) is 18.2 Å². The van der Waals surface area contributed by atoms with E-state index in [4.69, 9.17) is 5.73 Å². The molecular weight excluding hydrogens is 290 g/mol. The lowest BCUT2D eigenvalue weighted by Gasteiger charge is -2.05. The van der Waals surface area contributed by atoms with Crippen LogP contribution in [-0.2, 0) is 12.2 Å². The maximum Gasteiger partial charge on any atom is 0.180 e. The van der Waals surface area contributed by atoms with Gasteiger partial charge in [-0.05, 0) is 30.0 Å². The average molecular weight is 311 g/mol. The van der Waals surface area contributed by atoms with Gasteiger partial charge in [0.2, 0.25) is 0 Å². The molecule has 4 heteroatoms. The Morgan fingerprint density at radius 3 is 2.64 bits per heavy atom. The predicted octanol–water partition coefficient (Wildman–Crippen LogP) is 4.14. The monoisotopic (exact) mass is 311 g/mol. The minimum Gasteiger partial charge on any atom is -0.377 e. The van der Waals surface area contributed by atoms with Crippen molar-refractivity contribution >= 4 is 23.1 Å². The molecule has 0 aliphatic heterocycles. The molecule has 0 spiro atoms. The van der Waals surface area contributed by atoms with Crippen molar-refractivity contribution in [2.75, 3.05) is 0 Å². The van der Waals surface area contributed by atoms with Gasteiger partial charge in [-0.1, -0.05) is 67.2 Å². The van der Waals surface area contributed by atoms with Gasteiger partial charge in [-0.15, -0.1) is 5.10 Å². The third kappa shape index (κ3) is 4.74. The molecule has 2 aromatic rings. The van der Waals surface area contributed by atoms with E-state index in [0.717, 1.165) is 17.7 Å². The van der Waals surface area contributed by atoms with Crippen LogP contribution in [0.3, 0.4) is 0 Å². The van der Waals surface area contributed by atoms with Gasteiger partial charge < -0.3 is 5.73 Å². The summed E-state index contributed by atoms with van der Waals surface area (Å²) in [6, 6.07) is 16.5. The van der Waals surface area contributed by atoms with Crippen molar-refractivity contribution in [3.8, 4) is 0 Å². The Balaban J connectivity index is 1.99. The van der Waals surface area contributed by atoms with E-state index in [2.05, 4.69) is 54.4 Å². The second-order valence-corrected chi connectivity index (χ2v) is 5.95. The quantitative estimate of drug-likeness (QED) is 0.512. The Labute approximate surface area is 136 Å². The first kappa shape index (κ1) is 16.3. The van der Waals surface area contributed by atoms with Crippen LogP contribution < -0.4 is 5.73 Å². The highest BCUT2D eigenvalue weighted by Gasteiger charge is 2.01. The minimum absolute atomic E-state index is 0.478. The van der Waals surface area contributed by atoms with Crippen LogP contribution in [-0.4, -0.2) is 11.4 Å². The van der Waals surface area contributed by atoms with E-state index in [1.54, 1.807) is 6.21 Å². The number of rotatable bonds is 5. The summed E-state index contributed by atoms with van der Waals surface area (Å²) in [5.74, 6) is 0.802. The molecule has 0 unspecified atom stereocenters. The summed E-state index contributed by atoms with van der Waals surface area (Å²) >= 11 is 1.49. The molecule has 114 valence electrons.